The number of nitrogens with zero attached hydrogens (tertiary/aromatic N) is 1. The van der Waals surface area contributed by atoms with Crippen LogP contribution in [-0.2, 0) is 0 Å². The van der Waals surface area contributed by atoms with Crippen LogP contribution >= 0.6 is 15.9 Å². The number of carbonyl (C=O) groups is 1. The largest absolute Gasteiger partial charge is 0.332 e. The van der Waals surface area contributed by atoms with Gasteiger partial charge in [0.25, 0.3) is 5.91 Å². The lowest BCUT2D eigenvalue weighted by molar-refractivity contribution is 0.0762. The molecule has 1 amide bonds. The van der Waals surface area contributed by atoms with E-state index >= 15 is 0 Å². The van der Waals surface area contributed by atoms with Crippen molar-refractivity contribution in [2.45, 2.75) is 25.8 Å². The van der Waals surface area contributed by atoms with E-state index in [9.17, 15) is 4.79 Å². The average molecular weight is 294 g/mol. The number of aryl methyl sites for hydroxylation is 1. The predicted molar refractivity (Wildman–Crippen MR) is 73.1 cm³/mol. The highest BCUT2D eigenvalue weighted by molar-refractivity contribution is 9.10. The van der Waals surface area contributed by atoms with Crippen molar-refractivity contribution in [3.05, 3.63) is 46.5 Å². The van der Waals surface area contributed by atoms with E-state index in [0.29, 0.717) is 12.6 Å². The Labute approximate surface area is 110 Å². The molecule has 17 heavy (non-hydrogen) atoms. The van der Waals surface area contributed by atoms with E-state index in [1.54, 1.807) is 6.08 Å². The Morgan fingerprint density at radius 1 is 1.59 bits per heavy atom. The van der Waals surface area contributed by atoms with E-state index in [2.05, 4.69) is 22.5 Å². The van der Waals surface area contributed by atoms with E-state index < -0.39 is 0 Å². The van der Waals surface area contributed by atoms with Crippen LogP contribution in [-0.4, -0.2) is 23.4 Å². The second-order valence-electron chi connectivity index (χ2n) is 4.44. The molecule has 1 saturated carbocycles. The topological polar surface area (TPSA) is 20.3 Å². The van der Waals surface area contributed by atoms with Crippen LogP contribution in [0.15, 0.2) is 35.3 Å². The van der Waals surface area contributed by atoms with Gasteiger partial charge in [0.05, 0.1) is 0 Å². The van der Waals surface area contributed by atoms with Crippen molar-refractivity contribution >= 4 is 21.8 Å². The molecule has 2 rings (SSSR count). The Hall–Kier alpha value is -1.09. The number of halogens is 1. The monoisotopic (exact) mass is 293 g/mol. The molecule has 0 saturated heterocycles. The van der Waals surface area contributed by atoms with E-state index in [1.165, 1.54) is 0 Å². The molecular weight excluding hydrogens is 278 g/mol. The van der Waals surface area contributed by atoms with Crippen LogP contribution < -0.4 is 0 Å². The summed E-state index contributed by atoms with van der Waals surface area (Å²) in [5.41, 5.74) is 1.89. The normalized spacial score (nSPS) is 14.5. The first-order valence-electron chi connectivity index (χ1n) is 5.81. The van der Waals surface area contributed by atoms with E-state index in [0.717, 1.165) is 28.4 Å². The Balaban J connectivity index is 2.21. The molecule has 0 heterocycles. The van der Waals surface area contributed by atoms with E-state index in [1.807, 2.05) is 30.0 Å². The number of benzene rings is 1. The van der Waals surface area contributed by atoms with Crippen molar-refractivity contribution in [2.75, 3.05) is 6.54 Å². The van der Waals surface area contributed by atoms with Gasteiger partial charge in [0.2, 0.25) is 0 Å². The first-order chi connectivity index (χ1) is 8.13. The zero-order valence-corrected chi connectivity index (χ0v) is 11.5. The number of amides is 1. The molecule has 0 unspecified atom stereocenters. The average Bonchev–Trinajstić information content (AvgIpc) is 3.13. The Kier molecular flexibility index (Phi) is 3.67. The Morgan fingerprint density at radius 2 is 2.29 bits per heavy atom. The molecule has 0 aliphatic heterocycles. The van der Waals surface area contributed by atoms with Gasteiger partial charge in [-0.3, -0.25) is 4.79 Å². The molecule has 0 bridgehead atoms. The van der Waals surface area contributed by atoms with Gasteiger partial charge >= 0.3 is 0 Å². The smallest absolute Gasteiger partial charge is 0.254 e. The summed E-state index contributed by atoms with van der Waals surface area (Å²) in [6.07, 6.45) is 4.03. The third kappa shape index (κ3) is 2.78. The van der Waals surface area contributed by atoms with Gasteiger partial charge in [-0.2, -0.15) is 0 Å². The zero-order chi connectivity index (χ0) is 12.4. The van der Waals surface area contributed by atoms with E-state index in [4.69, 9.17) is 0 Å². The number of carbonyl (C=O) groups excluding carboxylic acids is 1. The van der Waals surface area contributed by atoms with Crippen LogP contribution in [0.2, 0.25) is 0 Å². The summed E-state index contributed by atoms with van der Waals surface area (Å²) in [5.74, 6) is 0.105. The standard InChI is InChI=1S/C14H16BrNO/c1-3-8-16(12-6-7-12)14(17)11-5-4-10(2)13(15)9-11/h3-5,9,12H,1,6-8H2,2H3. The molecule has 1 aliphatic carbocycles. The van der Waals surface area contributed by atoms with Crippen LogP contribution in [0.4, 0.5) is 0 Å². The minimum atomic E-state index is 0.105. The van der Waals surface area contributed by atoms with Crippen LogP contribution in [0.3, 0.4) is 0 Å². The van der Waals surface area contributed by atoms with Gasteiger partial charge in [0.1, 0.15) is 0 Å². The maximum Gasteiger partial charge on any atom is 0.254 e. The van der Waals surface area contributed by atoms with Gasteiger partial charge in [0, 0.05) is 22.6 Å². The SMILES string of the molecule is C=CCN(C(=O)c1ccc(C)c(Br)c1)C1CC1. The second-order valence-corrected chi connectivity index (χ2v) is 5.30. The maximum absolute atomic E-state index is 12.3. The van der Waals surface area contributed by atoms with Gasteiger partial charge in [-0.15, -0.1) is 6.58 Å². The predicted octanol–water partition coefficient (Wildman–Crippen LogP) is 3.55. The third-order valence-corrected chi connectivity index (χ3v) is 3.85. The van der Waals surface area contributed by atoms with Gasteiger partial charge in [-0.1, -0.05) is 28.1 Å². The lowest BCUT2D eigenvalue weighted by Gasteiger charge is -2.21. The van der Waals surface area contributed by atoms with E-state index in [-0.39, 0.29) is 5.91 Å². The fraction of sp³-hybridized carbons (Fsp3) is 0.357. The second kappa shape index (κ2) is 5.05. The summed E-state index contributed by atoms with van der Waals surface area (Å²) < 4.78 is 0.984. The molecule has 0 aromatic heterocycles. The molecule has 1 aliphatic rings. The summed E-state index contributed by atoms with van der Waals surface area (Å²) >= 11 is 3.46. The molecule has 1 fully saturated rings. The van der Waals surface area contributed by atoms with Gasteiger partial charge in [-0.05, 0) is 37.5 Å². The molecule has 2 nitrogen and oxygen atoms in total. The minimum absolute atomic E-state index is 0.105. The molecule has 1 aromatic rings. The maximum atomic E-state index is 12.3. The van der Waals surface area contributed by atoms with Crippen molar-refractivity contribution in [3.8, 4) is 0 Å². The number of hydrogen-bond donors (Lipinski definition) is 0. The minimum Gasteiger partial charge on any atom is -0.332 e. The third-order valence-electron chi connectivity index (χ3n) is 2.99. The Morgan fingerprint density at radius 3 is 2.82 bits per heavy atom. The first-order valence-corrected chi connectivity index (χ1v) is 6.61. The summed E-state index contributed by atoms with van der Waals surface area (Å²) in [5, 5.41) is 0. The molecule has 3 heteroatoms. The molecule has 90 valence electrons. The summed E-state index contributed by atoms with van der Waals surface area (Å²) in [4.78, 5) is 14.2. The van der Waals surface area contributed by atoms with Crippen LogP contribution in [0, 0.1) is 6.92 Å². The highest BCUT2D eigenvalue weighted by Crippen LogP contribution is 2.29. The molecular formula is C14H16BrNO. The molecule has 1 aromatic carbocycles. The number of rotatable bonds is 4. The quantitative estimate of drug-likeness (QED) is 0.778. The van der Waals surface area contributed by atoms with Gasteiger partial charge in [0.15, 0.2) is 0 Å². The van der Waals surface area contributed by atoms with Crippen LogP contribution in [0.1, 0.15) is 28.8 Å². The van der Waals surface area contributed by atoms with Crippen molar-refractivity contribution in [3.63, 3.8) is 0 Å². The summed E-state index contributed by atoms with van der Waals surface area (Å²) in [6.45, 7) is 6.36. The van der Waals surface area contributed by atoms with Crippen LogP contribution in [0.5, 0.6) is 0 Å². The van der Waals surface area contributed by atoms with Crippen molar-refractivity contribution in [1.29, 1.82) is 0 Å². The fourth-order valence-electron chi connectivity index (χ4n) is 1.81. The van der Waals surface area contributed by atoms with Gasteiger partial charge < -0.3 is 4.90 Å². The lowest BCUT2D eigenvalue weighted by Crippen LogP contribution is -2.33. The lowest BCUT2D eigenvalue weighted by atomic mass is 10.1. The molecule has 0 N–H and O–H groups in total. The first kappa shape index (κ1) is 12.4. The highest BCUT2D eigenvalue weighted by Gasteiger charge is 2.32. The molecule has 0 radical (unpaired) electrons. The highest BCUT2D eigenvalue weighted by atomic mass is 79.9. The summed E-state index contributed by atoms with van der Waals surface area (Å²) in [7, 11) is 0. The zero-order valence-electron chi connectivity index (χ0n) is 9.95. The Bertz CT molecular complexity index is 452. The molecule has 0 spiro atoms. The summed E-state index contributed by atoms with van der Waals surface area (Å²) in [6, 6.07) is 6.17. The molecule has 0 atom stereocenters. The van der Waals surface area contributed by atoms with Crippen molar-refractivity contribution in [2.24, 2.45) is 0 Å². The fourth-order valence-corrected chi connectivity index (χ4v) is 2.19. The van der Waals surface area contributed by atoms with Crippen molar-refractivity contribution < 1.29 is 4.79 Å². The van der Waals surface area contributed by atoms with Crippen LogP contribution in [0.25, 0.3) is 0 Å². The number of hydrogen-bond acceptors (Lipinski definition) is 1. The van der Waals surface area contributed by atoms with Crippen molar-refractivity contribution in [1.82, 2.24) is 4.90 Å². The van der Waals surface area contributed by atoms with Gasteiger partial charge in [-0.25, -0.2) is 0 Å².